The van der Waals surface area contributed by atoms with Gasteiger partial charge < -0.3 is 9.47 Å². The van der Waals surface area contributed by atoms with E-state index in [1.165, 1.54) is 13.2 Å². The van der Waals surface area contributed by atoms with E-state index in [9.17, 15) is 4.79 Å². The molecule has 0 spiro atoms. The normalized spacial score (nSPS) is 10.6. The van der Waals surface area contributed by atoms with Crippen LogP contribution < -0.4 is 4.74 Å². The highest BCUT2D eigenvalue weighted by Gasteiger charge is 2.08. The van der Waals surface area contributed by atoms with Gasteiger partial charge in [-0.1, -0.05) is 23.2 Å². The molecule has 0 amide bonds. The lowest BCUT2D eigenvalue weighted by Crippen LogP contribution is -1.98. The first-order valence-electron chi connectivity index (χ1n) is 4.97. The second kappa shape index (κ2) is 6.52. The molecule has 3 nitrogen and oxygen atoms in total. The van der Waals surface area contributed by atoms with Gasteiger partial charge in [0, 0.05) is 6.08 Å². The van der Waals surface area contributed by atoms with Crippen molar-refractivity contribution in [2.75, 3.05) is 13.7 Å². The van der Waals surface area contributed by atoms with E-state index in [0.717, 1.165) is 0 Å². The van der Waals surface area contributed by atoms with E-state index in [1.54, 1.807) is 25.1 Å². The van der Waals surface area contributed by atoms with Gasteiger partial charge in [0.25, 0.3) is 0 Å². The second-order valence-corrected chi connectivity index (χ2v) is 3.83. The highest BCUT2D eigenvalue weighted by molar-refractivity contribution is 6.43. The lowest BCUT2D eigenvalue weighted by molar-refractivity contribution is -0.137. The predicted molar refractivity (Wildman–Crippen MR) is 68.7 cm³/mol. The van der Waals surface area contributed by atoms with Crippen molar-refractivity contribution in [3.8, 4) is 5.75 Å². The fourth-order valence-electron chi connectivity index (χ4n) is 1.18. The zero-order chi connectivity index (χ0) is 12.8. The van der Waals surface area contributed by atoms with Crippen LogP contribution in [0.4, 0.5) is 0 Å². The summed E-state index contributed by atoms with van der Waals surface area (Å²) in [5.41, 5.74) is 0.630. The molecule has 0 saturated carbocycles. The highest BCUT2D eigenvalue weighted by Crippen LogP contribution is 2.34. The molecule has 0 aliphatic rings. The van der Waals surface area contributed by atoms with E-state index in [4.69, 9.17) is 32.7 Å². The van der Waals surface area contributed by atoms with E-state index in [-0.39, 0.29) is 0 Å². The largest absolute Gasteiger partial charge is 0.495 e. The van der Waals surface area contributed by atoms with Crippen LogP contribution in [0.15, 0.2) is 18.2 Å². The molecule has 1 rings (SSSR count). The molecule has 0 aromatic heterocycles. The summed E-state index contributed by atoms with van der Waals surface area (Å²) in [6.45, 7) is 2.07. The molecule has 1 aromatic carbocycles. The van der Waals surface area contributed by atoms with Crippen LogP contribution in [0.3, 0.4) is 0 Å². The van der Waals surface area contributed by atoms with Gasteiger partial charge in [0.1, 0.15) is 10.8 Å². The van der Waals surface area contributed by atoms with Gasteiger partial charge in [-0.2, -0.15) is 0 Å². The number of hydrogen-bond donors (Lipinski definition) is 0. The Kier molecular flexibility index (Phi) is 5.32. The molecular weight excluding hydrogens is 263 g/mol. The summed E-state index contributed by atoms with van der Waals surface area (Å²) in [7, 11) is 1.51. The van der Waals surface area contributed by atoms with Gasteiger partial charge in [-0.05, 0) is 30.7 Å². The molecule has 17 heavy (non-hydrogen) atoms. The van der Waals surface area contributed by atoms with Crippen LogP contribution in [0.5, 0.6) is 5.75 Å². The third-order valence-electron chi connectivity index (χ3n) is 1.98. The Labute approximate surface area is 110 Å². The van der Waals surface area contributed by atoms with Crippen LogP contribution in [0, 0.1) is 0 Å². The predicted octanol–water partition coefficient (Wildman–Crippen LogP) is 3.58. The summed E-state index contributed by atoms with van der Waals surface area (Å²) in [6.07, 6.45) is 2.85. The number of hydrogen-bond acceptors (Lipinski definition) is 3. The maximum Gasteiger partial charge on any atom is 0.330 e. The van der Waals surface area contributed by atoms with E-state index in [2.05, 4.69) is 0 Å². The Morgan fingerprint density at radius 3 is 2.65 bits per heavy atom. The van der Waals surface area contributed by atoms with Crippen molar-refractivity contribution in [2.45, 2.75) is 6.92 Å². The van der Waals surface area contributed by atoms with E-state index in [0.29, 0.717) is 28.0 Å². The zero-order valence-corrected chi connectivity index (χ0v) is 11.0. The van der Waals surface area contributed by atoms with Crippen molar-refractivity contribution in [1.82, 2.24) is 0 Å². The van der Waals surface area contributed by atoms with Crippen molar-refractivity contribution in [2.24, 2.45) is 0 Å². The van der Waals surface area contributed by atoms with Gasteiger partial charge in [-0.15, -0.1) is 0 Å². The van der Waals surface area contributed by atoms with Crippen molar-refractivity contribution < 1.29 is 14.3 Å². The Morgan fingerprint density at radius 1 is 1.35 bits per heavy atom. The summed E-state index contributed by atoms with van der Waals surface area (Å²) in [5.74, 6) is 0.0699. The quantitative estimate of drug-likeness (QED) is 0.622. The molecule has 0 bridgehead atoms. The molecular formula is C12H12Cl2O3. The molecule has 0 radical (unpaired) electrons. The van der Waals surface area contributed by atoms with E-state index < -0.39 is 5.97 Å². The zero-order valence-electron chi connectivity index (χ0n) is 9.50. The Morgan fingerprint density at radius 2 is 2.06 bits per heavy atom. The molecule has 5 heteroatoms. The van der Waals surface area contributed by atoms with Crippen molar-refractivity contribution >= 4 is 35.2 Å². The summed E-state index contributed by atoms with van der Waals surface area (Å²) in [4.78, 5) is 11.1. The molecule has 92 valence electrons. The summed E-state index contributed by atoms with van der Waals surface area (Å²) < 4.78 is 9.76. The van der Waals surface area contributed by atoms with Crippen LogP contribution in [-0.4, -0.2) is 19.7 Å². The van der Waals surface area contributed by atoms with E-state index >= 15 is 0 Å². The first kappa shape index (κ1) is 13.9. The van der Waals surface area contributed by atoms with Gasteiger partial charge in [0.15, 0.2) is 0 Å². The van der Waals surface area contributed by atoms with Crippen LogP contribution in [0.25, 0.3) is 6.08 Å². The summed E-state index contributed by atoms with van der Waals surface area (Å²) in [5, 5.41) is 0.659. The van der Waals surface area contributed by atoms with Crippen LogP contribution >= 0.6 is 23.2 Å². The van der Waals surface area contributed by atoms with Crippen LogP contribution in [0.1, 0.15) is 12.5 Å². The first-order valence-corrected chi connectivity index (χ1v) is 5.72. The lowest BCUT2D eigenvalue weighted by atomic mass is 10.2. The van der Waals surface area contributed by atoms with Gasteiger partial charge in [0.05, 0.1) is 18.7 Å². The molecule has 0 fully saturated rings. The minimum atomic E-state index is -0.421. The fourth-order valence-corrected chi connectivity index (χ4v) is 1.65. The SMILES string of the molecule is CCOC(=O)/C=C/c1ccc(OC)c(Cl)c1Cl. The monoisotopic (exact) mass is 274 g/mol. The number of rotatable bonds is 4. The smallest absolute Gasteiger partial charge is 0.330 e. The number of esters is 1. The number of ether oxygens (including phenoxy) is 2. The van der Waals surface area contributed by atoms with Gasteiger partial charge >= 0.3 is 5.97 Å². The van der Waals surface area contributed by atoms with Crippen molar-refractivity contribution in [1.29, 1.82) is 0 Å². The van der Waals surface area contributed by atoms with Crippen molar-refractivity contribution in [3.63, 3.8) is 0 Å². The van der Waals surface area contributed by atoms with Crippen molar-refractivity contribution in [3.05, 3.63) is 33.8 Å². The van der Waals surface area contributed by atoms with Gasteiger partial charge in [0.2, 0.25) is 0 Å². The summed E-state index contributed by atoms with van der Waals surface area (Å²) in [6, 6.07) is 3.39. The number of halogens is 2. The Hall–Kier alpha value is -1.19. The fraction of sp³-hybridized carbons (Fsp3) is 0.250. The first-order chi connectivity index (χ1) is 8.10. The second-order valence-electron chi connectivity index (χ2n) is 3.07. The number of carbonyl (C=O) groups excluding carboxylic acids is 1. The summed E-state index contributed by atoms with van der Waals surface area (Å²) >= 11 is 12.0. The topological polar surface area (TPSA) is 35.5 Å². The Bertz CT molecular complexity index is 442. The molecule has 0 N–H and O–H groups in total. The Balaban J connectivity index is 2.93. The van der Waals surface area contributed by atoms with Crippen LogP contribution in [0.2, 0.25) is 10.0 Å². The minimum Gasteiger partial charge on any atom is -0.495 e. The molecule has 0 aliphatic carbocycles. The molecule has 0 saturated heterocycles. The third-order valence-corrected chi connectivity index (χ3v) is 2.86. The number of carbonyl (C=O) groups is 1. The highest BCUT2D eigenvalue weighted by atomic mass is 35.5. The standard InChI is InChI=1S/C12H12Cl2O3/c1-3-17-10(15)7-5-8-4-6-9(16-2)12(14)11(8)13/h4-7H,3H2,1-2H3/b7-5+. The van der Waals surface area contributed by atoms with Gasteiger partial charge in [-0.3, -0.25) is 0 Å². The third kappa shape index (κ3) is 3.65. The average molecular weight is 275 g/mol. The molecule has 0 atom stereocenters. The van der Waals surface area contributed by atoms with Gasteiger partial charge in [-0.25, -0.2) is 4.79 Å². The maximum atomic E-state index is 11.1. The number of methoxy groups -OCH3 is 1. The molecule has 0 unspecified atom stereocenters. The average Bonchev–Trinajstić information content (AvgIpc) is 2.31. The van der Waals surface area contributed by atoms with Crippen LogP contribution in [-0.2, 0) is 9.53 Å². The number of benzene rings is 1. The minimum absolute atomic E-state index is 0.320. The molecule has 0 aliphatic heterocycles. The molecule has 1 aromatic rings. The van der Waals surface area contributed by atoms with E-state index in [1.807, 2.05) is 0 Å². The lowest BCUT2D eigenvalue weighted by Gasteiger charge is -2.06. The molecule has 0 heterocycles. The maximum absolute atomic E-state index is 11.1.